The third-order valence-electron chi connectivity index (χ3n) is 2.16. The van der Waals surface area contributed by atoms with E-state index in [4.69, 9.17) is 7.98 Å². The molecule has 0 bridgehead atoms. The second-order valence-electron chi connectivity index (χ2n) is 3.44. The number of nitrogens with zero attached hydrogens (tertiary/aromatic N) is 3. The summed E-state index contributed by atoms with van der Waals surface area (Å²) in [7, 11) is 5.55. The van der Waals surface area contributed by atoms with Crippen LogP contribution in [0.2, 0.25) is 0 Å². The van der Waals surface area contributed by atoms with Gasteiger partial charge < -0.3 is 4.59 Å². The zero-order chi connectivity index (χ0) is 9.42. The van der Waals surface area contributed by atoms with E-state index in [1.165, 1.54) is 10.2 Å². The minimum Gasteiger partial charge on any atom is -0.304 e. The molecule has 0 aliphatic carbocycles. The molecule has 0 saturated heterocycles. The van der Waals surface area contributed by atoms with E-state index in [2.05, 4.69) is 30.2 Å². The number of fused-ring (bicyclic) bond motifs is 1. The molecule has 3 nitrogen and oxygen atoms in total. The maximum absolute atomic E-state index is 5.55. The zero-order valence-electron chi connectivity index (χ0n) is 7.73. The fourth-order valence-electron chi connectivity index (χ4n) is 1.32. The van der Waals surface area contributed by atoms with Crippen LogP contribution in [0, 0.1) is 0 Å². The van der Waals surface area contributed by atoms with E-state index in [1.807, 2.05) is 12.1 Å². The van der Waals surface area contributed by atoms with Gasteiger partial charge in [-0.1, -0.05) is 25.1 Å². The first-order valence-corrected chi connectivity index (χ1v) is 4.29. The molecule has 1 aromatic carbocycles. The number of hydrogen-bond acceptors (Lipinski definition) is 2. The molecule has 64 valence electrons. The lowest BCUT2D eigenvalue weighted by Crippen LogP contribution is -1.93. The van der Waals surface area contributed by atoms with E-state index in [0.717, 1.165) is 11.0 Å². The predicted octanol–water partition coefficient (Wildman–Crippen LogP) is 1.49. The molecule has 0 saturated carbocycles. The number of aromatic nitrogens is 3. The molecule has 2 rings (SSSR count). The molecule has 0 unspecified atom stereocenters. The van der Waals surface area contributed by atoms with Crippen LogP contribution in [0.5, 0.6) is 0 Å². The lowest BCUT2D eigenvalue weighted by molar-refractivity contribution is 0.868. The molecule has 13 heavy (non-hydrogen) atoms. The molecule has 2 aromatic rings. The minimum absolute atomic E-state index is 0.507. The molecule has 1 heterocycles. The Morgan fingerprint density at radius 2 is 2.15 bits per heavy atom. The van der Waals surface area contributed by atoms with E-state index in [0.29, 0.717) is 5.92 Å². The Labute approximate surface area is 78.2 Å². The third kappa shape index (κ3) is 1.32. The summed E-state index contributed by atoms with van der Waals surface area (Å²) in [6.07, 6.45) is 0. The van der Waals surface area contributed by atoms with Crippen LogP contribution in [-0.2, 0) is 0 Å². The quantitative estimate of drug-likeness (QED) is 0.608. The van der Waals surface area contributed by atoms with Crippen molar-refractivity contribution in [3.63, 3.8) is 0 Å². The van der Waals surface area contributed by atoms with Crippen LogP contribution in [0.3, 0.4) is 0 Å². The Balaban J connectivity index is 2.63. The van der Waals surface area contributed by atoms with Crippen molar-refractivity contribution in [1.29, 1.82) is 0 Å². The van der Waals surface area contributed by atoms with Crippen LogP contribution in [0.4, 0.5) is 0 Å². The first kappa shape index (κ1) is 8.29. The van der Waals surface area contributed by atoms with E-state index < -0.39 is 0 Å². The normalized spacial score (nSPS) is 11.3. The van der Waals surface area contributed by atoms with Gasteiger partial charge in [0, 0.05) is 0 Å². The summed E-state index contributed by atoms with van der Waals surface area (Å²) < 4.78 is 1.29. The molecule has 0 N–H and O–H groups in total. The summed E-state index contributed by atoms with van der Waals surface area (Å²) in [5.74, 6) is 0.507. The van der Waals surface area contributed by atoms with Crippen molar-refractivity contribution >= 4 is 19.0 Å². The minimum atomic E-state index is 0.507. The summed E-state index contributed by atoms with van der Waals surface area (Å²) in [4.78, 5) is 0. The Hall–Kier alpha value is -1.32. The first-order chi connectivity index (χ1) is 6.18. The van der Waals surface area contributed by atoms with Gasteiger partial charge in [-0.15, -0.1) is 5.10 Å². The van der Waals surface area contributed by atoms with Gasteiger partial charge in [0.15, 0.2) is 0 Å². The van der Waals surface area contributed by atoms with Gasteiger partial charge in [0.05, 0.1) is 5.52 Å². The van der Waals surface area contributed by atoms with Crippen molar-refractivity contribution in [1.82, 2.24) is 14.9 Å². The highest BCUT2D eigenvalue weighted by Gasteiger charge is 2.03. The summed E-state index contributed by atoms with van der Waals surface area (Å²) in [5, 5.41) is 7.69. The molecule has 0 spiro atoms. The van der Waals surface area contributed by atoms with E-state index in [9.17, 15) is 0 Å². The maximum atomic E-state index is 5.55. The number of benzene rings is 1. The van der Waals surface area contributed by atoms with Crippen molar-refractivity contribution in [2.75, 3.05) is 0 Å². The SMILES string of the molecule is [B]n1nnc2cc(C(C)C)ccc21. The average molecular weight is 171 g/mol. The molecule has 0 fully saturated rings. The molecule has 4 heteroatoms. The standard InChI is InChI=1S/C9H10BN3/c1-6(2)7-3-4-9-8(5-7)11-12-13(9)10/h3-6H,1-2H3. The van der Waals surface area contributed by atoms with Gasteiger partial charge in [-0.3, -0.25) is 0 Å². The van der Waals surface area contributed by atoms with Crippen molar-refractivity contribution in [2.45, 2.75) is 19.8 Å². The third-order valence-corrected chi connectivity index (χ3v) is 2.16. The molecule has 0 atom stereocenters. The van der Waals surface area contributed by atoms with E-state index >= 15 is 0 Å². The van der Waals surface area contributed by atoms with E-state index in [-0.39, 0.29) is 0 Å². The molecule has 1 aromatic heterocycles. The van der Waals surface area contributed by atoms with Gasteiger partial charge >= 0.3 is 0 Å². The topological polar surface area (TPSA) is 30.7 Å². The average Bonchev–Trinajstić information content (AvgIpc) is 2.47. The Morgan fingerprint density at radius 3 is 2.85 bits per heavy atom. The molecular weight excluding hydrogens is 161 g/mol. The molecule has 0 amide bonds. The molecule has 0 aliphatic heterocycles. The zero-order valence-corrected chi connectivity index (χ0v) is 7.73. The second kappa shape index (κ2) is 2.87. The Morgan fingerprint density at radius 1 is 1.38 bits per heavy atom. The van der Waals surface area contributed by atoms with Gasteiger partial charge in [0.2, 0.25) is 0 Å². The van der Waals surface area contributed by atoms with Crippen LogP contribution in [0.1, 0.15) is 25.3 Å². The van der Waals surface area contributed by atoms with Gasteiger partial charge in [0.1, 0.15) is 5.52 Å². The molecule has 0 aliphatic rings. The predicted molar refractivity (Wildman–Crippen MR) is 52.8 cm³/mol. The van der Waals surface area contributed by atoms with Crippen LogP contribution in [-0.4, -0.2) is 22.9 Å². The summed E-state index contributed by atoms with van der Waals surface area (Å²) >= 11 is 0. The van der Waals surface area contributed by atoms with Gasteiger partial charge in [-0.05, 0) is 23.6 Å². The van der Waals surface area contributed by atoms with Crippen LogP contribution < -0.4 is 0 Å². The summed E-state index contributed by atoms with van der Waals surface area (Å²) in [5.41, 5.74) is 2.98. The van der Waals surface area contributed by atoms with Crippen LogP contribution in [0.25, 0.3) is 11.0 Å². The number of rotatable bonds is 1. The van der Waals surface area contributed by atoms with Crippen LogP contribution in [0.15, 0.2) is 18.2 Å². The summed E-state index contributed by atoms with van der Waals surface area (Å²) in [6.45, 7) is 4.29. The monoisotopic (exact) mass is 171 g/mol. The van der Waals surface area contributed by atoms with Gasteiger partial charge in [0.25, 0.3) is 7.98 Å². The fourth-order valence-corrected chi connectivity index (χ4v) is 1.32. The first-order valence-electron chi connectivity index (χ1n) is 4.29. The van der Waals surface area contributed by atoms with Crippen molar-refractivity contribution in [3.8, 4) is 0 Å². The maximum Gasteiger partial charge on any atom is 0.267 e. The lowest BCUT2D eigenvalue weighted by Gasteiger charge is -2.03. The second-order valence-corrected chi connectivity index (χ2v) is 3.44. The van der Waals surface area contributed by atoms with Crippen molar-refractivity contribution in [2.24, 2.45) is 0 Å². The smallest absolute Gasteiger partial charge is 0.267 e. The highest BCUT2D eigenvalue weighted by Crippen LogP contribution is 2.18. The van der Waals surface area contributed by atoms with Crippen molar-refractivity contribution in [3.05, 3.63) is 23.8 Å². The summed E-state index contributed by atoms with van der Waals surface area (Å²) in [6, 6.07) is 6.03. The largest absolute Gasteiger partial charge is 0.304 e. The van der Waals surface area contributed by atoms with Crippen LogP contribution >= 0.6 is 0 Å². The van der Waals surface area contributed by atoms with Gasteiger partial charge in [-0.25, -0.2) is 0 Å². The van der Waals surface area contributed by atoms with E-state index in [1.54, 1.807) is 0 Å². The highest BCUT2D eigenvalue weighted by molar-refractivity contribution is 6.09. The highest BCUT2D eigenvalue weighted by atomic mass is 15.4. The van der Waals surface area contributed by atoms with Gasteiger partial charge in [-0.2, -0.15) is 0 Å². The van der Waals surface area contributed by atoms with Crippen molar-refractivity contribution < 1.29 is 0 Å². The number of hydrogen-bond donors (Lipinski definition) is 0. The molecular formula is C9H10BN3. The fraction of sp³-hybridized carbons (Fsp3) is 0.333. The lowest BCUT2D eigenvalue weighted by atomic mass is 10.0. The Bertz CT molecular complexity index is 433. The Kier molecular flexibility index (Phi) is 1.83. The molecule has 2 radical (unpaired) electrons.